The molecule has 1 heteroatoms. The van der Waals surface area contributed by atoms with Gasteiger partial charge in [-0.1, -0.05) is 267 Å². The third-order valence-corrected chi connectivity index (χ3v) is 15.9. The fourth-order valence-electron chi connectivity index (χ4n) is 12.5. The van der Waals surface area contributed by atoms with Gasteiger partial charge in [0.05, 0.1) is 0 Å². The molecule has 0 radical (unpaired) electrons. The van der Waals surface area contributed by atoms with E-state index in [0.29, 0.717) is 0 Å². The average molecular weight is 977 g/mol. The lowest BCUT2D eigenvalue weighted by Crippen LogP contribution is -1.91. The van der Waals surface area contributed by atoms with Crippen molar-refractivity contribution in [3.63, 3.8) is 0 Å². The van der Waals surface area contributed by atoms with Gasteiger partial charge in [0.2, 0.25) is 0 Å². The van der Waals surface area contributed by atoms with E-state index in [1.807, 2.05) is 0 Å². The number of furan rings is 1. The van der Waals surface area contributed by atoms with Gasteiger partial charge >= 0.3 is 0 Å². The lowest BCUT2D eigenvalue weighted by atomic mass is 9.84. The van der Waals surface area contributed by atoms with E-state index < -0.39 is 0 Å². The van der Waals surface area contributed by atoms with E-state index in [9.17, 15) is 0 Å². The van der Waals surface area contributed by atoms with Crippen LogP contribution in [0.1, 0.15) is 0 Å². The third kappa shape index (κ3) is 7.39. The summed E-state index contributed by atoms with van der Waals surface area (Å²) in [5, 5.41) is 19.9. The van der Waals surface area contributed by atoms with Crippen molar-refractivity contribution in [2.75, 3.05) is 0 Å². The highest BCUT2D eigenvalue weighted by Crippen LogP contribution is 2.49. The lowest BCUT2D eigenvalue weighted by molar-refractivity contribution is 0.673. The maximum absolute atomic E-state index is 6.60. The first-order valence-corrected chi connectivity index (χ1v) is 26.6. The summed E-state index contributed by atoms with van der Waals surface area (Å²) in [7, 11) is 0. The van der Waals surface area contributed by atoms with E-state index in [0.717, 1.165) is 27.3 Å². The van der Waals surface area contributed by atoms with Crippen LogP contribution in [-0.2, 0) is 0 Å². The van der Waals surface area contributed by atoms with Crippen LogP contribution in [0.25, 0.3) is 153 Å². The maximum Gasteiger partial charge on any atom is 0.143 e. The third-order valence-electron chi connectivity index (χ3n) is 15.9. The second-order valence-electron chi connectivity index (χ2n) is 20.2. The second kappa shape index (κ2) is 18.4. The largest absolute Gasteiger partial charge is 0.455 e. The van der Waals surface area contributed by atoms with Crippen molar-refractivity contribution in [2.24, 2.45) is 0 Å². The summed E-state index contributed by atoms with van der Waals surface area (Å²) in [5.41, 5.74) is 14.4. The van der Waals surface area contributed by atoms with Gasteiger partial charge in [0.25, 0.3) is 0 Å². The van der Waals surface area contributed by atoms with Crippen molar-refractivity contribution in [1.82, 2.24) is 0 Å². The summed E-state index contributed by atoms with van der Waals surface area (Å²) in [5.74, 6) is 0. The molecule has 0 saturated heterocycles. The Morgan fingerprint density at radius 3 is 1.22 bits per heavy atom. The van der Waals surface area contributed by atoms with Crippen molar-refractivity contribution < 1.29 is 4.42 Å². The Balaban J connectivity index is 0.000000138. The predicted molar refractivity (Wildman–Crippen MR) is 330 cm³/mol. The smallest absolute Gasteiger partial charge is 0.143 e. The molecule has 1 aromatic heterocycles. The summed E-state index contributed by atoms with van der Waals surface area (Å²) in [6.07, 6.45) is 0. The number of rotatable bonds is 5. The molecule has 0 aliphatic rings. The summed E-state index contributed by atoms with van der Waals surface area (Å²) in [6, 6.07) is 105. The highest BCUT2D eigenvalue weighted by Gasteiger charge is 2.22. The molecule has 0 fully saturated rings. The van der Waals surface area contributed by atoms with Gasteiger partial charge in [0.15, 0.2) is 0 Å². The second-order valence-corrected chi connectivity index (χ2v) is 20.2. The van der Waals surface area contributed by atoms with Crippen LogP contribution < -0.4 is 0 Å². The molecule has 0 aliphatic carbocycles. The Kier molecular flexibility index (Phi) is 10.6. The molecule has 16 rings (SSSR count). The van der Waals surface area contributed by atoms with Gasteiger partial charge in [-0.3, -0.25) is 0 Å². The van der Waals surface area contributed by atoms with Crippen molar-refractivity contribution in [3.05, 3.63) is 291 Å². The van der Waals surface area contributed by atoms with Crippen molar-refractivity contribution in [3.8, 4) is 55.6 Å². The fraction of sp³-hybridized carbons (Fsp3) is 0. The molecule has 1 heterocycles. The van der Waals surface area contributed by atoms with Gasteiger partial charge < -0.3 is 4.42 Å². The molecule has 0 saturated carbocycles. The Bertz CT molecular complexity index is 4860. The van der Waals surface area contributed by atoms with E-state index in [-0.39, 0.29) is 0 Å². The number of hydrogen-bond donors (Lipinski definition) is 0. The van der Waals surface area contributed by atoms with Crippen LogP contribution in [0, 0.1) is 0 Å². The number of benzene rings is 15. The quantitative estimate of drug-likeness (QED) is 0.157. The van der Waals surface area contributed by atoms with Crippen LogP contribution in [-0.4, -0.2) is 0 Å². The zero-order valence-electron chi connectivity index (χ0n) is 42.1. The van der Waals surface area contributed by atoms with Gasteiger partial charge in [-0.2, -0.15) is 0 Å². The zero-order chi connectivity index (χ0) is 50.8. The molecule has 16 aromatic rings. The van der Waals surface area contributed by atoms with Crippen LogP contribution in [0.4, 0.5) is 0 Å². The Labute approximate surface area is 446 Å². The molecule has 0 amide bonds. The van der Waals surface area contributed by atoms with Crippen LogP contribution in [0.15, 0.2) is 296 Å². The highest BCUT2D eigenvalue weighted by atomic mass is 16.3. The van der Waals surface area contributed by atoms with Crippen LogP contribution >= 0.6 is 0 Å². The Hall–Kier alpha value is -10.1. The van der Waals surface area contributed by atoms with Crippen molar-refractivity contribution in [1.29, 1.82) is 0 Å². The number of hydrogen-bond acceptors (Lipinski definition) is 1. The average Bonchev–Trinajstić information content (AvgIpc) is 3.95. The molecule has 0 atom stereocenters. The van der Waals surface area contributed by atoms with Gasteiger partial charge in [-0.25, -0.2) is 0 Å². The minimum atomic E-state index is 0.914. The maximum atomic E-state index is 6.60. The first-order valence-electron chi connectivity index (χ1n) is 26.6. The Morgan fingerprint density at radius 2 is 0.597 bits per heavy atom. The van der Waals surface area contributed by atoms with Crippen LogP contribution in [0.2, 0.25) is 0 Å². The lowest BCUT2D eigenvalue weighted by Gasteiger charge is -2.19. The summed E-state index contributed by atoms with van der Waals surface area (Å²) in [4.78, 5) is 0. The zero-order valence-corrected chi connectivity index (χ0v) is 42.1. The van der Waals surface area contributed by atoms with E-state index in [1.165, 1.54) is 126 Å². The van der Waals surface area contributed by atoms with Crippen molar-refractivity contribution >= 4 is 97.3 Å². The normalized spacial score (nSPS) is 11.6. The van der Waals surface area contributed by atoms with E-state index in [4.69, 9.17) is 4.42 Å². The Morgan fingerprint density at radius 1 is 0.195 bits per heavy atom. The van der Waals surface area contributed by atoms with E-state index >= 15 is 0 Å². The van der Waals surface area contributed by atoms with Gasteiger partial charge in [-0.05, 0) is 150 Å². The monoisotopic (exact) mass is 976 g/mol. The molecule has 0 unspecified atom stereocenters. The van der Waals surface area contributed by atoms with Crippen LogP contribution in [0.5, 0.6) is 0 Å². The molecule has 15 aromatic carbocycles. The van der Waals surface area contributed by atoms with Gasteiger partial charge in [0.1, 0.15) is 11.2 Å². The van der Waals surface area contributed by atoms with Gasteiger partial charge in [0, 0.05) is 16.2 Å². The SMILES string of the molecule is c1ccc(-c2cccc(-c3c4ccccc4c(-c4cccc5oc6c7ccccc7ccc6c45)c4ccccc34)c2)cc1.c1ccc2cc(-c3c4ccccc4c(-c4cccc5ccccc45)c4ccccc34)ccc2c1. The summed E-state index contributed by atoms with van der Waals surface area (Å²) >= 11 is 0. The molecule has 77 heavy (non-hydrogen) atoms. The molecule has 0 spiro atoms. The van der Waals surface area contributed by atoms with Crippen molar-refractivity contribution in [2.45, 2.75) is 0 Å². The molecular formula is C76H48O. The molecular weight excluding hydrogens is 929 g/mol. The molecule has 0 bridgehead atoms. The highest BCUT2D eigenvalue weighted by molar-refractivity contribution is 6.28. The molecule has 358 valence electrons. The standard InChI is InChI=1S/C42H26O.C34H22/c1-2-12-27(13-3-1)29-15-10-16-30(26-29)39-32-18-6-8-20-34(32)40(35-21-9-7-19-33(35)39)36-22-11-23-38-41(36)37-25-24-28-14-4-5-17-31(28)42(37)43-38;1-2-12-25-22-26(21-20-23(25)10-1)33-29-15-5-7-17-31(29)34(32-18-8-6-16-30(32)33)28-19-9-13-24-11-3-4-14-27(24)28/h1-26H;1-22H. The van der Waals surface area contributed by atoms with E-state index in [2.05, 4.69) is 291 Å². The first-order chi connectivity index (χ1) is 38.2. The topological polar surface area (TPSA) is 13.1 Å². The summed E-state index contributed by atoms with van der Waals surface area (Å²) < 4.78 is 6.60. The molecule has 0 N–H and O–H groups in total. The van der Waals surface area contributed by atoms with E-state index in [1.54, 1.807) is 0 Å². The fourth-order valence-corrected chi connectivity index (χ4v) is 12.5. The molecule has 1 nitrogen and oxygen atoms in total. The number of fused-ring (bicyclic) bond motifs is 11. The van der Waals surface area contributed by atoms with Gasteiger partial charge in [-0.15, -0.1) is 0 Å². The predicted octanol–water partition coefficient (Wildman–Crippen LogP) is 21.7. The minimum absolute atomic E-state index is 0.914. The minimum Gasteiger partial charge on any atom is -0.455 e. The van der Waals surface area contributed by atoms with Crippen LogP contribution in [0.3, 0.4) is 0 Å². The molecule has 0 aliphatic heterocycles. The summed E-state index contributed by atoms with van der Waals surface area (Å²) in [6.45, 7) is 0. The first kappa shape index (κ1) is 44.4.